The number of rotatable bonds is 6. The fraction of sp³-hybridized carbons (Fsp3) is 0.321. The number of esters is 2. The van der Waals surface area contributed by atoms with Gasteiger partial charge in [-0.2, -0.15) is 13.2 Å². The van der Waals surface area contributed by atoms with Crippen LogP contribution in [0.2, 0.25) is 0 Å². The van der Waals surface area contributed by atoms with Crippen LogP contribution in [0, 0.1) is 0 Å². The molecule has 1 aliphatic heterocycles. The molecule has 1 aliphatic rings. The van der Waals surface area contributed by atoms with Crippen LogP contribution < -0.4 is 0 Å². The second-order valence-corrected chi connectivity index (χ2v) is 8.21. The zero-order chi connectivity index (χ0) is 27.3. The highest BCUT2D eigenvalue weighted by Gasteiger charge is 2.45. The maximum absolute atomic E-state index is 14.1. The summed E-state index contributed by atoms with van der Waals surface area (Å²) in [6, 6.07) is 14.0. The number of aliphatic imine (C=N–C) groups is 1. The minimum absolute atomic E-state index is 0.00586. The Morgan fingerprint density at radius 2 is 1.35 bits per heavy atom. The van der Waals surface area contributed by atoms with Gasteiger partial charge in [-0.1, -0.05) is 48.5 Å². The largest absolute Gasteiger partial charge is 0.463 e. The lowest BCUT2D eigenvalue weighted by molar-refractivity contribution is -0.142. The minimum Gasteiger partial charge on any atom is -0.463 e. The highest BCUT2D eigenvalue weighted by atomic mass is 19.4. The molecule has 37 heavy (non-hydrogen) atoms. The Morgan fingerprint density at radius 1 is 0.865 bits per heavy atom. The molecule has 2 aromatic rings. The monoisotopic (exact) mass is 514 g/mol. The summed E-state index contributed by atoms with van der Waals surface area (Å²) in [4.78, 5) is 32.8. The summed E-state index contributed by atoms with van der Waals surface area (Å²) in [7, 11) is 1.56. The van der Waals surface area contributed by atoms with Crippen molar-refractivity contribution in [3.63, 3.8) is 0 Å². The second-order valence-electron chi connectivity index (χ2n) is 8.21. The molecule has 0 saturated carbocycles. The molecule has 0 spiro atoms. The van der Waals surface area contributed by atoms with Crippen molar-refractivity contribution < 1.29 is 32.2 Å². The third-order valence-electron chi connectivity index (χ3n) is 6.05. The molecule has 6 nitrogen and oxygen atoms in total. The quantitative estimate of drug-likeness (QED) is 0.275. The van der Waals surface area contributed by atoms with Crippen molar-refractivity contribution in [1.82, 2.24) is 4.90 Å². The molecule has 0 N–H and O–H groups in total. The maximum Gasteiger partial charge on any atom is 0.416 e. The molecule has 1 heterocycles. The van der Waals surface area contributed by atoms with Crippen LogP contribution in [0.5, 0.6) is 0 Å². The lowest BCUT2D eigenvalue weighted by Crippen LogP contribution is -2.39. The molecule has 2 aromatic carbocycles. The third kappa shape index (κ3) is 5.45. The van der Waals surface area contributed by atoms with Crippen LogP contribution in [0.15, 0.2) is 82.1 Å². The molecule has 3 rings (SSSR count). The highest BCUT2D eigenvalue weighted by molar-refractivity contribution is 6.06. The number of nitrogens with zero attached hydrogens (tertiary/aromatic N) is 2. The lowest BCUT2D eigenvalue weighted by Gasteiger charge is -2.38. The molecule has 0 saturated heterocycles. The van der Waals surface area contributed by atoms with E-state index in [2.05, 4.69) is 4.99 Å². The topological polar surface area (TPSA) is 68.2 Å². The zero-order valence-electron chi connectivity index (χ0n) is 21.3. The molecular weight excluding hydrogens is 485 g/mol. The normalized spacial score (nSPS) is 15.2. The SMILES string of the molecule is CCOC(=O)C1=C(C)N(C(=NC)c2ccccc2)C(C)=C(C(=O)OCC)C1c1ccccc1C(F)(F)F. The molecule has 0 atom stereocenters. The summed E-state index contributed by atoms with van der Waals surface area (Å²) in [5, 5.41) is 0. The molecule has 0 unspecified atom stereocenters. The van der Waals surface area contributed by atoms with Crippen LogP contribution in [-0.2, 0) is 25.2 Å². The van der Waals surface area contributed by atoms with Gasteiger partial charge in [-0.15, -0.1) is 0 Å². The van der Waals surface area contributed by atoms with Gasteiger partial charge in [0.1, 0.15) is 5.84 Å². The van der Waals surface area contributed by atoms with Gasteiger partial charge in [-0.3, -0.25) is 4.99 Å². The van der Waals surface area contributed by atoms with Gasteiger partial charge in [0.2, 0.25) is 0 Å². The van der Waals surface area contributed by atoms with Crippen LogP contribution in [0.25, 0.3) is 0 Å². The van der Waals surface area contributed by atoms with Gasteiger partial charge in [0.05, 0.1) is 35.8 Å². The van der Waals surface area contributed by atoms with E-state index in [9.17, 15) is 22.8 Å². The summed E-state index contributed by atoms with van der Waals surface area (Å²) in [6.45, 7) is 6.40. The lowest BCUT2D eigenvalue weighted by atomic mass is 9.77. The molecule has 0 fully saturated rings. The van der Waals surface area contributed by atoms with Crippen molar-refractivity contribution in [3.8, 4) is 0 Å². The summed E-state index contributed by atoms with van der Waals surface area (Å²) in [6.07, 6.45) is -4.73. The van der Waals surface area contributed by atoms with Crippen LogP contribution in [0.4, 0.5) is 13.2 Å². The Bertz CT molecular complexity index is 1220. The number of alkyl halides is 3. The van der Waals surface area contributed by atoms with E-state index in [1.807, 2.05) is 30.3 Å². The Balaban J connectivity index is 2.42. The first kappa shape index (κ1) is 27.7. The van der Waals surface area contributed by atoms with E-state index < -0.39 is 29.6 Å². The van der Waals surface area contributed by atoms with Crippen molar-refractivity contribution >= 4 is 17.8 Å². The second kappa shape index (κ2) is 11.5. The predicted molar refractivity (Wildman–Crippen MR) is 134 cm³/mol. The number of carbonyl (C=O) groups is 2. The highest BCUT2D eigenvalue weighted by Crippen LogP contribution is 2.47. The van der Waals surface area contributed by atoms with E-state index >= 15 is 0 Å². The van der Waals surface area contributed by atoms with Gasteiger partial charge in [-0.25, -0.2) is 9.59 Å². The first-order valence-electron chi connectivity index (χ1n) is 11.8. The molecule has 196 valence electrons. The Morgan fingerprint density at radius 3 is 1.81 bits per heavy atom. The molecule has 0 aliphatic carbocycles. The van der Waals surface area contributed by atoms with Crippen molar-refractivity contribution in [3.05, 3.63) is 93.8 Å². The standard InChI is InChI=1S/C28H29F3N2O4/c1-6-36-26(34)22-17(3)33(25(32-5)19-13-9-8-10-14-19)18(4)23(27(35)37-7-2)24(22)20-15-11-12-16-21(20)28(29,30)31/h8-16,24H,6-7H2,1-5H3. The number of allylic oxidation sites excluding steroid dienone is 2. The predicted octanol–water partition coefficient (Wildman–Crippen LogP) is 5.86. The number of hydrogen-bond donors (Lipinski definition) is 0. The number of amidine groups is 1. The van der Waals surface area contributed by atoms with Gasteiger partial charge in [0, 0.05) is 24.0 Å². The Hall–Kier alpha value is -3.88. The number of benzene rings is 2. The van der Waals surface area contributed by atoms with Gasteiger partial charge >= 0.3 is 18.1 Å². The van der Waals surface area contributed by atoms with Gasteiger partial charge in [0.25, 0.3) is 0 Å². The molecule has 0 bridgehead atoms. The Kier molecular flexibility index (Phi) is 8.57. The average molecular weight is 515 g/mol. The summed E-state index contributed by atoms with van der Waals surface area (Å²) >= 11 is 0. The van der Waals surface area contributed by atoms with Gasteiger partial charge in [-0.05, 0) is 39.3 Å². The van der Waals surface area contributed by atoms with E-state index in [4.69, 9.17) is 9.47 Å². The maximum atomic E-state index is 14.1. The number of carbonyl (C=O) groups excluding carboxylic acids is 2. The van der Waals surface area contributed by atoms with E-state index in [1.54, 1.807) is 39.6 Å². The average Bonchev–Trinajstić information content (AvgIpc) is 2.86. The summed E-state index contributed by atoms with van der Waals surface area (Å²) in [5.74, 6) is -2.63. The van der Waals surface area contributed by atoms with Crippen LogP contribution in [-0.4, -0.2) is 42.9 Å². The molecular formula is C28H29F3N2O4. The van der Waals surface area contributed by atoms with Gasteiger partial charge < -0.3 is 14.4 Å². The fourth-order valence-corrected chi connectivity index (χ4v) is 4.58. The van der Waals surface area contributed by atoms with Crippen molar-refractivity contribution in [1.29, 1.82) is 0 Å². The van der Waals surface area contributed by atoms with Crippen LogP contribution in [0.3, 0.4) is 0 Å². The molecule has 9 heteroatoms. The third-order valence-corrected chi connectivity index (χ3v) is 6.05. The van der Waals surface area contributed by atoms with E-state index in [-0.39, 0.29) is 29.9 Å². The zero-order valence-corrected chi connectivity index (χ0v) is 21.3. The van der Waals surface area contributed by atoms with E-state index in [0.717, 1.165) is 6.07 Å². The number of hydrogen-bond acceptors (Lipinski definition) is 5. The molecule has 0 amide bonds. The van der Waals surface area contributed by atoms with E-state index in [0.29, 0.717) is 22.8 Å². The van der Waals surface area contributed by atoms with Gasteiger partial charge in [0.15, 0.2) is 0 Å². The smallest absolute Gasteiger partial charge is 0.416 e. The summed E-state index contributed by atoms with van der Waals surface area (Å²) in [5.41, 5.74) is -0.0945. The fourth-order valence-electron chi connectivity index (χ4n) is 4.58. The van der Waals surface area contributed by atoms with Crippen molar-refractivity contribution in [2.75, 3.05) is 20.3 Å². The first-order valence-corrected chi connectivity index (χ1v) is 11.8. The first-order chi connectivity index (χ1) is 17.6. The van der Waals surface area contributed by atoms with Crippen LogP contribution >= 0.6 is 0 Å². The minimum atomic E-state index is -4.73. The van der Waals surface area contributed by atoms with Crippen molar-refractivity contribution in [2.24, 2.45) is 4.99 Å². The molecule has 0 radical (unpaired) electrons. The molecule has 0 aromatic heterocycles. The van der Waals surface area contributed by atoms with Crippen LogP contribution in [0.1, 0.15) is 50.3 Å². The Labute approximate surface area is 214 Å². The number of ether oxygens (including phenoxy) is 2. The number of halogens is 3. The van der Waals surface area contributed by atoms with E-state index in [1.165, 1.54) is 18.2 Å². The summed E-state index contributed by atoms with van der Waals surface area (Å²) < 4.78 is 53.0. The van der Waals surface area contributed by atoms with Crippen molar-refractivity contribution in [2.45, 2.75) is 39.8 Å².